The lowest BCUT2D eigenvalue weighted by atomic mass is 9.90. The van der Waals surface area contributed by atoms with Crippen LogP contribution in [0.5, 0.6) is 0 Å². The number of halogens is 1. The number of carbonyl (C=O) groups is 2. The first-order valence-electron chi connectivity index (χ1n) is 8.12. The van der Waals surface area contributed by atoms with Gasteiger partial charge in [0.25, 0.3) is 0 Å². The van der Waals surface area contributed by atoms with Crippen molar-refractivity contribution >= 4 is 27.9 Å². The SMILES string of the molecule is CC(C)(C)OC(=O)C(N)(C(=O)OCc1ccccc1)c1cccc(Br)c1. The van der Waals surface area contributed by atoms with Crippen LogP contribution >= 0.6 is 15.9 Å². The van der Waals surface area contributed by atoms with Gasteiger partial charge in [-0.15, -0.1) is 0 Å². The topological polar surface area (TPSA) is 78.6 Å². The van der Waals surface area contributed by atoms with Crippen molar-refractivity contribution in [1.29, 1.82) is 0 Å². The highest BCUT2D eigenvalue weighted by Gasteiger charge is 2.48. The van der Waals surface area contributed by atoms with E-state index in [1.54, 1.807) is 45.0 Å². The summed E-state index contributed by atoms with van der Waals surface area (Å²) in [5.41, 5.74) is 4.50. The first-order chi connectivity index (χ1) is 12.1. The Bertz CT molecular complexity index is 786. The van der Waals surface area contributed by atoms with Gasteiger partial charge >= 0.3 is 11.9 Å². The molecule has 0 aromatic heterocycles. The molecule has 5 nitrogen and oxygen atoms in total. The number of nitrogens with two attached hydrogens (primary N) is 1. The van der Waals surface area contributed by atoms with Crippen molar-refractivity contribution in [3.8, 4) is 0 Å². The van der Waals surface area contributed by atoms with Gasteiger partial charge in [0.05, 0.1) is 0 Å². The fourth-order valence-electron chi connectivity index (χ4n) is 2.25. The minimum Gasteiger partial charge on any atom is -0.459 e. The zero-order valence-corrected chi connectivity index (χ0v) is 16.6. The number of ether oxygens (including phenoxy) is 2. The average molecular weight is 420 g/mol. The van der Waals surface area contributed by atoms with E-state index in [1.165, 1.54) is 0 Å². The zero-order valence-electron chi connectivity index (χ0n) is 15.0. The van der Waals surface area contributed by atoms with Crippen molar-refractivity contribution in [1.82, 2.24) is 0 Å². The second kappa shape index (κ2) is 8.01. The molecule has 0 aliphatic carbocycles. The van der Waals surface area contributed by atoms with E-state index >= 15 is 0 Å². The lowest BCUT2D eigenvalue weighted by molar-refractivity contribution is -0.173. The molecule has 2 N–H and O–H groups in total. The van der Waals surface area contributed by atoms with Crippen molar-refractivity contribution in [2.45, 2.75) is 38.5 Å². The summed E-state index contributed by atoms with van der Waals surface area (Å²) in [6.07, 6.45) is 0. The van der Waals surface area contributed by atoms with Crippen LogP contribution < -0.4 is 5.73 Å². The molecule has 6 heteroatoms. The quantitative estimate of drug-likeness (QED) is 0.590. The average Bonchev–Trinajstić information content (AvgIpc) is 2.58. The van der Waals surface area contributed by atoms with Crippen molar-refractivity contribution in [2.24, 2.45) is 5.73 Å². The molecular weight excluding hydrogens is 398 g/mol. The van der Waals surface area contributed by atoms with E-state index in [4.69, 9.17) is 15.2 Å². The van der Waals surface area contributed by atoms with E-state index in [-0.39, 0.29) is 6.61 Å². The summed E-state index contributed by atoms with van der Waals surface area (Å²) in [5.74, 6) is -1.73. The second-order valence-electron chi connectivity index (χ2n) is 6.88. The van der Waals surface area contributed by atoms with Gasteiger partial charge in [0.1, 0.15) is 12.2 Å². The van der Waals surface area contributed by atoms with Crippen molar-refractivity contribution in [2.75, 3.05) is 0 Å². The summed E-state index contributed by atoms with van der Waals surface area (Å²) in [5, 5.41) is 0. The highest BCUT2D eigenvalue weighted by molar-refractivity contribution is 9.10. The fraction of sp³-hybridized carbons (Fsp3) is 0.300. The third-order valence-electron chi connectivity index (χ3n) is 3.54. The van der Waals surface area contributed by atoms with Gasteiger partial charge < -0.3 is 15.2 Å². The van der Waals surface area contributed by atoms with Crippen molar-refractivity contribution in [3.05, 3.63) is 70.2 Å². The Morgan fingerprint density at radius 2 is 1.65 bits per heavy atom. The summed E-state index contributed by atoms with van der Waals surface area (Å²) < 4.78 is 11.4. The van der Waals surface area contributed by atoms with Gasteiger partial charge in [-0.3, -0.25) is 0 Å². The number of rotatable bonds is 5. The van der Waals surface area contributed by atoms with Crippen molar-refractivity contribution < 1.29 is 19.1 Å². The smallest absolute Gasteiger partial charge is 0.343 e. The lowest BCUT2D eigenvalue weighted by Gasteiger charge is -2.30. The molecule has 0 heterocycles. The molecule has 0 saturated heterocycles. The molecule has 1 unspecified atom stereocenters. The Kier molecular flexibility index (Phi) is 6.21. The largest absolute Gasteiger partial charge is 0.459 e. The van der Waals surface area contributed by atoms with Crippen LogP contribution in [-0.2, 0) is 31.2 Å². The molecule has 2 aromatic carbocycles. The van der Waals surface area contributed by atoms with Gasteiger partial charge in [-0.05, 0) is 44.0 Å². The molecule has 0 fully saturated rings. The summed E-state index contributed by atoms with van der Waals surface area (Å²) in [6.45, 7) is 5.14. The monoisotopic (exact) mass is 419 g/mol. The van der Waals surface area contributed by atoms with Crippen LogP contribution in [0.3, 0.4) is 0 Å². The molecule has 26 heavy (non-hydrogen) atoms. The van der Waals surface area contributed by atoms with Crippen LogP contribution in [0.2, 0.25) is 0 Å². The molecule has 2 rings (SSSR count). The Labute approximate surface area is 161 Å². The van der Waals surface area contributed by atoms with E-state index in [0.29, 0.717) is 10.0 Å². The molecule has 0 aliphatic rings. The van der Waals surface area contributed by atoms with Crippen LogP contribution in [0.25, 0.3) is 0 Å². The van der Waals surface area contributed by atoms with Gasteiger partial charge in [0.2, 0.25) is 5.54 Å². The van der Waals surface area contributed by atoms with E-state index in [2.05, 4.69) is 15.9 Å². The molecule has 0 aliphatic heterocycles. The number of carbonyl (C=O) groups excluding carboxylic acids is 2. The van der Waals surface area contributed by atoms with E-state index in [0.717, 1.165) is 5.56 Å². The molecule has 2 aromatic rings. The van der Waals surface area contributed by atoms with Crippen LogP contribution in [-0.4, -0.2) is 17.5 Å². The molecule has 138 valence electrons. The highest BCUT2D eigenvalue weighted by atomic mass is 79.9. The minimum atomic E-state index is -2.06. The first kappa shape index (κ1) is 20.1. The lowest BCUT2D eigenvalue weighted by Crippen LogP contribution is -2.55. The standard InChI is InChI=1S/C20H22BrNO4/c1-19(2,3)26-18(24)20(22,15-10-7-11-16(21)12-15)17(23)25-13-14-8-5-4-6-9-14/h4-12H,13,22H2,1-3H3. The van der Waals surface area contributed by atoms with Gasteiger partial charge in [-0.2, -0.15) is 0 Å². The third kappa shape index (κ3) is 4.93. The summed E-state index contributed by atoms with van der Waals surface area (Å²) in [4.78, 5) is 25.6. The summed E-state index contributed by atoms with van der Waals surface area (Å²) in [7, 11) is 0. The zero-order chi connectivity index (χ0) is 19.4. The molecular formula is C20H22BrNO4. The highest BCUT2D eigenvalue weighted by Crippen LogP contribution is 2.27. The predicted octanol–water partition coefficient (Wildman–Crippen LogP) is 3.69. The molecule has 0 radical (unpaired) electrons. The Morgan fingerprint density at radius 1 is 1.00 bits per heavy atom. The van der Waals surface area contributed by atoms with E-state index < -0.39 is 23.1 Å². The Hall–Kier alpha value is -2.18. The third-order valence-corrected chi connectivity index (χ3v) is 4.03. The Morgan fingerprint density at radius 3 is 2.23 bits per heavy atom. The maximum Gasteiger partial charge on any atom is 0.343 e. The Balaban J connectivity index is 2.33. The molecule has 0 spiro atoms. The normalized spacial score (nSPS) is 13.6. The van der Waals surface area contributed by atoms with Crippen LogP contribution in [0.15, 0.2) is 59.1 Å². The maximum absolute atomic E-state index is 12.8. The van der Waals surface area contributed by atoms with Crippen LogP contribution in [0.1, 0.15) is 31.9 Å². The summed E-state index contributed by atoms with van der Waals surface area (Å²) in [6, 6.07) is 15.8. The predicted molar refractivity (Wildman–Crippen MR) is 102 cm³/mol. The van der Waals surface area contributed by atoms with Gasteiger partial charge in [0, 0.05) is 4.47 Å². The minimum absolute atomic E-state index is 0.00935. The van der Waals surface area contributed by atoms with Gasteiger partial charge in [-0.1, -0.05) is 58.4 Å². The van der Waals surface area contributed by atoms with Gasteiger partial charge in [0.15, 0.2) is 0 Å². The number of hydrogen-bond donors (Lipinski definition) is 1. The number of hydrogen-bond acceptors (Lipinski definition) is 5. The maximum atomic E-state index is 12.8. The molecule has 0 amide bonds. The number of benzene rings is 2. The van der Waals surface area contributed by atoms with Crippen molar-refractivity contribution in [3.63, 3.8) is 0 Å². The van der Waals surface area contributed by atoms with Crippen LogP contribution in [0.4, 0.5) is 0 Å². The van der Waals surface area contributed by atoms with Gasteiger partial charge in [-0.25, -0.2) is 9.59 Å². The number of esters is 2. The fourth-order valence-corrected chi connectivity index (χ4v) is 2.65. The molecule has 0 saturated carbocycles. The molecule has 1 atom stereocenters. The second-order valence-corrected chi connectivity index (χ2v) is 7.80. The molecule has 0 bridgehead atoms. The summed E-state index contributed by atoms with van der Waals surface area (Å²) >= 11 is 3.33. The first-order valence-corrected chi connectivity index (χ1v) is 8.92. The van der Waals surface area contributed by atoms with E-state index in [1.807, 2.05) is 30.3 Å². The van der Waals surface area contributed by atoms with E-state index in [9.17, 15) is 9.59 Å². The van der Waals surface area contributed by atoms with Crippen LogP contribution in [0, 0.1) is 0 Å².